The van der Waals surface area contributed by atoms with Gasteiger partial charge in [-0.05, 0) is 42.8 Å². The lowest BCUT2D eigenvalue weighted by Crippen LogP contribution is -2.41. The van der Waals surface area contributed by atoms with Gasteiger partial charge in [-0.3, -0.25) is 9.59 Å². The van der Waals surface area contributed by atoms with E-state index < -0.39 is 6.04 Å². The summed E-state index contributed by atoms with van der Waals surface area (Å²) in [6, 6.07) is 15.8. The molecule has 0 radical (unpaired) electrons. The SMILES string of the molecule is COc1ccc(C(=O)N[C@@H]2CCN(c3ccccc3)C2=O)cc1. The minimum atomic E-state index is -0.482. The average molecular weight is 310 g/mol. The molecule has 3 rings (SSSR count). The average Bonchev–Trinajstić information content (AvgIpc) is 2.96. The van der Waals surface area contributed by atoms with E-state index in [4.69, 9.17) is 4.74 Å². The van der Waals surface area contributed by atoms with Crippen molar-refractivity contribution in [2.24, 2.45) is 0 Å². The number of carbonyl (C=O) groups excluding carboxylic acids is 2. The van der Waals surface area contributed by atoms with Gasteiger partial charge >= 0.3 is 0 Å². The summed E-state index contributed by atoms with van der Waals surface area (Å²) in [7, 11) is 1.57. The first kappa shape index (κ1) is 15.1. The van der Waals surface area contributed by atoms with Crippen molar-refractivity contribution in [3.63, 3.8) is 0 Å². The predicted molar refractivity (Wildman–Crippen MR) is 87.7 cm³/mol. The number of ether oxygens (including phenoxy) is 1. The van der Waals surface area contributed by atoms with Crippen molar-refractivity contribution in [3.8, 4) is 5.75 Å². The molecule has 1 aliphatic heterocycles. The molecular formula is C18H18N2O3. The molecule has 2 aromatic carbocycles. The van der Waals surface area contributed by atoms with Crippen LogP contribution in [0.5, 0.6) is 5.75 Å². The highest BCUT2D eigenvalue weighted by Gasteiger charge is 2.33. The van der Waals surface area contributed by atoms with Gasteiger partial charge in [-0.2, -0.15) is 0 Å². The molecule has 5 nitrogen and oxygen atoms in total. The van der Waals surface area contributed by atoms with Crippen molar-refractivity contribution < 1.29 is 14.3 Å². The first-order valence-corrected chi connectivity index (χ1v) is 7.50. The van der Waals surface area contributed by atoms with Crippen molar-refractivity contribution in [1.82, 2.24) is 5.32 Å². The number of anilines is 1. The Morgan fingerprint density at radius 1 is 1.13 bits per heavy atom. The van der Waals surface area contributed by atoms with Crippen LogP contribution in [-0.4, -0.2) is 31.5 Å². The van der Waals surface area contributed by atoms with Crippen molar-refractivity contribution in [3.05, 3.63) is 60.2 Å². The summed E-state index contributed by atoms with van der Waals surface area (Å²) in [6.07, 6.45) is 0.607. The van der Waals surface area contributed by atoms with E-state index in [2.05, 4.69) is 5.32 Å². The van der Waals surface area contributed by atoms with Gasteiger partial charge in [-0.1, -0.05) is 18.2 Å². The highest BCUT2D eigenvalue weighted by atomic mass is 16.5. The number of rotatable bonds is 4. The maximum absolute atomic E-state index is 12.5. The molecule has 0 aliphatic carbocycles. The molecule has 1 saturated heterocycles. The number of carbonyl (C=O) groups is 2. The zero-order valence-corrected chi connectivity index (χ0v) is 12.9. The Hall–Kier alpha value is -2.82. The Morgan fingerprint density at radius 3 is 2.48 bits per heavy atom. The summed E-state index contributed by atoms with van der Waals surface area (Å²) in [6.45, 7) is 0.608. The topological polar surface area (TPSA) is 58.6 Å². The minimum Gasteiger partial charge on any atom is -0.497 e. The summed E-state index contributed by atoms with van der Waals surface area (Å²) < 4.78 is 5.07. The van der Waals surface area contributed by atoms with Gasteiger partial charge < -0.3 is 15.0 Å². The molecule has 0 saturated carbocycles. The van der Waals surface area contributed by atoms with Gasteiger partial charge in [0.05, 0.1) is 7.11 Å². The maximum Gasteiger partial charge on any atom is 0.251 e. The zero-order chi connectivity index (χ0) is 16.2. The van der Waals surface area contributed by atoms with Crippen molar-refractivity contribution >= 4 is 17.5 Å². The summed E-state index contributed by atoms with van der Waals surface area (Å²) in [5, 5.41) is 2.81. The molecule has 5 heteroatoms. The molecule has 1 atom stereocenters. The lowest BCUT2D eigenvalue weighted by Gasteiger charge is -2.17. The van der Waals surface area contributed by atoms with E-state index in [0.717, 1.165) is 5.69 Å². The molecule has 0 spiro atoms. The fourth-order valence-electron chi connectivity index (χ4n) is 2.66. The first-order chi connectivity index (χ1) is 11.2. The summed E-state index contributed by atoms with van der Waals surface area (Å²) in [5.41, 5.74) is 1.37. The van der Waals surface area contributed by atoms with Gasteiger partial charge in [0.25, 0.3) is 5.91 Å². The maximum atomic E-state index is 12.5. The Morgan fingerprint density at radius 2 is 1.83 bits per heavy atom. The second-order valence-corrected chi connectivity index (χ2v) is 5.37. The Balaban J connectivity index is 1.66. The molecule has 1 heterocycles. The zero-order valence-electron chi connectivity index (χ0n) is 12.9. The molecular weight excluding hydrogens is 292 g/mol. The van der Waals surface area contributed by atoms with Crippen LogP contribution in [0.15, 0.2) is 54.6 Å². The molecule has 1 N–H and O–H groups in total. The van der Waals surface area contributed by atoms with Crippen molar-refractivity contribution in [1.29, 1.82) is 0 Å². The number of para-hydroxylation sites is 1. The fraction of sp³-hybridized carbons (Fsp3) is 0.222. The van der Waals surface area contributed by atoms with Crippen molar-refractivity contribution in [2.75, 3.05) is 18.6 Å². The number of hydrogen-bond acceptors (Lipinski definition) is 3. The second-order valence-electron chi connectivity index (χ2n) is 5.37. The highest BCUT2D eigenvalue weighted by Crippen LogP contribution is 2.21. The lowest BCUT2D eigenvalue weighted by atomic mass is 10.1. The Labute approximate surface area is 134 Å². The molecule has 1 fully saturated rings. The van der Waals surface area contributed by atoms with Gasteiger partial charge in [-0.15, -0.1) is 0 Å². The van der Waals surface area contributed by atoms with E-state index >= 15 is 0 Å². The van der Waals surface area contributed by atoms with Crippen LogP contribution in [0.1, 0.15) is 16.8 Å². The monoisotopic (exact) mass is 310 g/mol. The Bertz CT molecular complexity index is 698. The van der Waals surface area contributed by atoms with E-state index in [1.165, 1.54) is 0 Å². The predicted octanol–water partition coefficient (Wildman–Crippen LogP) is 2.23. The Kier molecular flexibility index (Phi) is 4.28. The van der Waals surface area contributed by atoms with Crippen LogP contribution in [0.3, 0.4) is 0 Å². The number of nitrogens with one attached hydrogen (secondary N) is 1. The molecule has 23 heavy (non-hydrogen) atoms. The quantitative estimate of drug-likeness (QED) is 0.942. The molecule has 1 aliphatic rings. The minimum absolute atomic E-state index is 0.0712. The van der Waals surface area contributed by atoms with E-state index in [1.54, 1.807) is 36.3 Å². The number of methoxy groups -OCH3 is 1. The highest BCUT2D eigenvalue weighted by molar-refractivity contribution is 6.03. The van der Waals surface area contributed by atoms with Crippen LogP contribution in [0.2, 0.25) is 0 Å². The van der Waals surface area contributed by atoms with E-state index in [9.17, 15) is 9.59 Å². The number of nitrogens with zero attached hydrogens (tertiary/aromatic N) is 1. The van der Waals surface area contributed by atoms with Crippen LogP contribution in [0, 0.1) is 0 Å². The van der Waals surface area contributed by atoms with Gasteiger partial charge in [0, 0.05) is 17.8 Å². The third-order valence-electron chi connectivity index (χ3n) is 3.93. The van der Waals surface area contributed by atoms with Crippen molar-refractivity contribution in [2.45, 2.75) is 12.5 Å². The third-order valence-corrected chi connectivity index (χ3v) is 3.93. The smallest absolute Gasteiger partial charge is 0.251 e. The summed E-state index contributed by atoms with van der Waals surface area (Å²) >= 11 is 0. The molecule has 0 bridgehead atoms. The molecule has 0 unspecified atom stereocenters. The van der Waals surface area contributed by atoms with Crippen LogP contribution in [0.25, 0.3) is 0 Å². The first-order valence-electron chi connectivity index (χ1n) is 7.50. The molecule has 118 valence electrons. The van der Waals surface area contributed by atoms with Gasteiger partial charge in [0.1, 0.15) is 11.8 Å². The lowest BCUT2D eigenvalue weighted by molar-refractivity contribution is -0.118. The van der Waals surface area contributed by atoms with E-state index in [1.807, 2.05) is 30.3 Å². The van der Waals surface area contributed by atoms with Crippen LogP contribution in [0.4, 0.5) is 5.69 Å². The number of amides is 2. The summed E-state index contributed by atoms with van der Waals surface area (Å²) in [5.74, 6) is 0.368. The largest absolute Gasteiger partial charge is 0.497 e. The van der Waals surface area contributed by atoms with E-state index in [-0.39, 0.29) is 11.8 Å². The normalized spacial score (nSPS) is 17.2. The molecule has 2 amide bonds. The second kappa shape index (κ2) is 6.52. The third kappa shape index (κ3) is 3.18. The summed E-state index contributed by atoms with van der Waals surface area (Å²) in [4.78, 5) is 26.4. The molecule has 2 aromatic rings. The van der Waals surface area contributed by atoms with Crippen LogP contribution in [-0.2, 0) is 4.79 Å². The van der Waals surface area contributed by atoms with Crippen LogP contribution < -0.4 is 15.0 Å². The standard InChI is InChI=1S/C18H18N2O3/c1-23-15-9-7-13(8-10-15)17(21)19-16-11-12-20(18(16)22)14-5-3-2-4-6-14/h2-10,16H,11-12H2,1H3,(H,19,21)/t16-/m1/s1. The van der Waals surface area contributed by atoms with Gasteiger partial charge in [0.15, 0.2) is 0 Å². The number of benzene rings is 2. The molecule has 0 aromatic heterocycles. The fourth-order valence-corrected chi connectivity index (χ4v) is 2.66. The van der Waals surface area contributed by atoms with Gasteiger partial charge in [0.2, 0.25) is 5.91 Å². The van der Waals surface area contributed by atoms with E-state index in [0.29, 0.717) is 24.3 Å². The number of hydrogen-bond donors (Lipinski definition) is 1. The van der Waals surface area contributed by atoms with Crippen LogP contribution >= 0.6 is 0 Å². The van der Waals surface area contributed by atoms with Gasteiger partial charge in [-0.25, -0.2) is 0 Å².